The Bertz CT molecular complexity index is 128. The van der Waals surface area contributed by atoms with Gasteiger partial charge in [-0.25, -0.2) is 9.98 Å². The highest BCUT2D eigenvalue weighted by Crippen LogP contribution is 1.90. The number of ether oxygens (including phenoxy) is 1. The molecule has 3 heteroatoms. The highest BCUT2D eigenvalue weighted by Gasteiger charge is 1.95. The maximum atomic E-state index is 4.74. The molecule has 0 aromatic carbocycles. The van der Waals surface area contributed by atoms with Crippen LogP contribution in [0.25, 0.3) is 0 Å². The average molecular weight is 112 g/mol. The normalized spacial score (nSPS) is 17.9. The lowest BCUT2D eigenvalue weighted by molar-refractivity contribution is 0.394. The predicted molar refractivity (Wildman–Crippen MR) is 32.4 cm³/mol. The standard InChI is InChI=1S/C5H8N2O/c1-8-5-6-3-2-4-7-5/h3H,2,4H2,1H3. The fraction of sp³-hybridized carbons (Fsp3) is 0.600. The zero-order valence-electron chi connectivity index (χ0n) is 4.79. The monoisotopic (exact) mass is 112 g/mol. The van der Waals surface area contributed by atoms with Crippen molar-refractivity contribution in [2.45, 2.75) is 6.42 Å². The summed E-state index contributed by atoms with van der Waals surface area (Å²) >= 11 is 0. The van der Waals surface area contributed by atoms with E-state index >= 15 is 0 Å². The van der Waals surface area contributed by atoms with Crippen LogP contribution in [0, 0.1) is 0 Å². The van der Waals surface area contributed by atoms with Crippen molar-refractivity contribution in [2.75, 3.05) is 13.7 Å². The molecule has 0 N–H and O–H groups in total. The van der Waals surface area contributed by atoms with Gasteiger partial charge in [0.05, 0.1) is 7.11 Å². The minimum atomic E-state index is 0.497. The second-order valence-electron chi connectivity index (χ2n) is 1.47. The van der Waals surface area contributed by atoms with Gasteiger partial charge in [-0.1, -0.05) is 0 Å². The number of nitrogens with zero attached hydrogens (tertiary/aromatic N) is 2. The average Bonchev–Trinajstić information content (AvgIpc) is 1.90. The molecule has 8 heavy (non-hydrogen) atoms. The van der Waals surface area contributed by atoms with Crippen LogP contribution in [0.5, 0.6) is 0 Å². The largest absolute Gasteiger partial charge is 0.467 e. The van der Waals surface area contributed by atoms with E-state index in [2.05, 4.69) is 9.98 Å². The Hall–Kier alpha value is -0.860. The van der Waals surface area contributed by atoms with E-state index in [4.69, 9.17) is 4.74 Å². The first-order valence-corrected chi connectivity index (χ1v) is 2.54. The Balaban J connectivity index is 2.51. The Kier molecular flexibility index (Phi) is 1.62. The van der Waals surface area contributed by atoms with E-state index in [0.717, 1.165) is 13.0 Å². The molecule has 0 spiro atoms. The van der Waals surface area contributed by atoms with Crippen molar-refractivity contribution < 1.29 is 4.74 Å². The minimum Gasteiger partial charge on any atom is -0.467 e. The highest BCUT2D eigenvalue weighted by atomic mass is 16.5. The molecule has 0 saturated heterocycles. The quantitative estimate of drug-likeness (QED) is 0.448. The van der Waals surface area contributed by atoms with Gasteiger partial charge in [-0.05, 0) is 0 Å². The fourth-order valence-corrected chi connectivity index (χ4v) is 0.519. The molecule has 0 aromatic heterocycles. The van der Waals surface area contributed by atoms with E-state index in [0.29, 0.717) is 6.02 Å². The van der Waals surface area contributed by atoms with Crippen molar-refractivity contribution in [2.24, 2.45) is 9.98 Å². The van der Waals surface area contributed by atoms with Crippen LogP contribution in [0.4, 0.5) is 0 Å². The van der Waals surface area contributed by atoms with E-state index in [1.165, 1.54) is 0 Å². The molecule has 0 aliphatic carbocycles. The zero-order valence-corrected chi connectivity index (χ0v) is 4.79. The summed E-state index contributed by atoms with van der Waals surface area (Å²) in [6.07, 6.45) is 2.75. The maximum absolute atomic E-state index is 4.74. The van der Waals surface area contributed by atoms with Gasteiger partial charge in [-0.3, -0.25) is 0 Å². The summed E-state index contributed by atoms with van der Waals surface area (Å²) in [4.78, 5) is 7.80. The third-order valence-corrected chi connectivity index (χ3v) is 0.890. The van der Waals surface area contributed by atoms with Gasteiger partial charge >= 0.3 is 6.02 Å². The van der Waals surface area contributed by atoms with E-state index in [-0.39, 0.29) is 0 Å². The van der Waals surface area contributed by atoms with Crippen molar-refractivity contribution in [3.05, 3.63) is 0 Å². The number of hydrogen-bond donors (Lipinski definition) is 0. The number of rotatable bonds is 0. The van der Waals surface area contributed by atoms with Gasteiger partial charge < -0.3 is 4.74 Å². The summed E-state index contributed by atoms with van der Waals surface area (Å²) in [5.41, 5.74) is 0. The molecule has 0 amide bonds. The molecule has 0 unspecified atom stereocenters. The highest BCUT2D eigenvalue weighted by molar-refractivity contribution is 5.84. The first-order valence-electron chi connectivity index (χ1n) is 2.54. The van der Waals surface area contributed by atoms with Crippen molar-refractivity contribution in [1.82, 2.24) is 0 Å². The molecule has 0 atom stereocenters. The third-order valence-electron chi connectivity index (χ3n) is 0.890. The summed E-state index contributed by atoms with van der Waals surface area (Å²) < 4.78 is 4.74. The molecule has 0 radical (unpaired) electrons. The van der Waals surface area contributed by atoms with Gasteiger partial charge in [-0.2, -0.15) is 0 Å². The van der Waals surface area contributed by atoms with E-state index in [9.17, 15) is 0 Å². The minimum absolute atomic E-state index is 0.497. The van der Waals surface area contributed by atoms with Crippen LogP contribution in [0.3, 0.4) is 0 Å². The topological polar surface area (TPSA) is 34.0 Å². The van der Waals surface area contributed by atoms with E-state index in [1.807, 2.05) is 6.21 Å². The van der Waals surface area contributed by atoms with Crippen LogP contribution < -0.4 is 0 Å². The van der Waals surface area contributed by atoms with Crippen LogP contribution in [-0.4, -0.2) is 25.9 Å². The second kappa shape index (κ2) is 2.45. The molecule has 44 valence electrons. The summed E-state index contributed by atoms with van der Waals surface area (Å²) in [5, 5.41) is 0. The van der Waals surface area contributed by atoms with Gasteiger partial charge in [0.2, 0.25) is 0 Å². The third kappa shape index (κ3) is 1.05. The van der Waals surface area contributed by atoms with Gasteiger partial charge in [0, 0.05) is 19.2 Å². The van der Waals surface area contributed by atoms with E-state index < -0.39 is 0 Å². The summed E-state index contributed by atoms with van der Waals surface area (Å²) in [6.45, 7) is 0.812. The first kappa shape index (κ1) is 5.28. The zero-order chi connectivity index (χ0) is 5.82. The summed E-state index contributed by atoms with van der Waals surface area (Å²) in [5.74, 6) is 0. The molecule has 0 bridgehead atoms. The van der Waals surface area contributed by atoms with Gasteiger partial charge in [0.1, 0.15) is 0 Å². The molecule has 1 aliphatic heterocycles. The SMILES string of the molecule is COC1=NCCC=N1. The Morgan fingerprint density at radius 3 is 3.00 bits per heavy atom. The summed E-state index contributed by atoms with van der Waals surface area (Å²) in [7, 11) is 1.57. The van der Waals surface area contributed by atoms with Crippen LogP contribution >= 0.6 is 0 Å². The molecule has 0 fully saturated rings. The Morgan fingerprint density at radius 2 is 2.62 bits per heavy atom. The molecule has 0 aromatic rings. The fourth-order valence-electron chi connectivity index (χ4n) is 0.519. The lowest BCUT2D eigenvalue weighted by atomic mass is 10.4. The van der Waals surface area contributed by atoms with E-state index in [1.54, 1.807) is 7.11 Å². The number of amidine groups is 1. The van der Waals surface area contributed by atoms with Crippen LogP contribution in [0.15, 0.2) is 9.98 Å². The van der Waals surface area contributed by atoms with Gasteiger partial charge in [0.25, 0.3) is 0 Å². The Labute approximate surface area is 48.1 Å². The second-order valence-corrected chi connectivity index (χ2v) is 1.47. The first-order chi connectivity index (χ1) is 3.93. The molecule has 0 saturated carbocycles. The summed E-state index contributed by atoms with van der Waals surface area (Å²) in [6, 6.07) is 0.497. The van der Waals surface area contributed by atoms with Crippen molar-refractivity contribution in [3.63, 3.8) is 0 Å². The van der Waals surface area contributed by atoms with Crippen molar-refractivity contribution >= 4 is 12.2 Å². The van der Waals surface area contributed by atoms with Crippen molar-refractivity contribution in [3.8, 4) is 0 Å². The smallest absolute Gasteiger partial charge is 0.310 e. The number of aliphatic imine (C=N–C) groups is 2. The number of methoxy groups -OCH3 is 1. The van der Waals surface area contributed by atoms with Crippen LogP contribution in [0.2, 0.25) is 0 Å². The maximum Gasteiger partial charge on any atom is 0.310 e. The molecular weight excluding hydrogens is 104 g/mol. The lowest BCUT2D eigenvalue weighted by Crippen LogP contribution is -2.03. The molecule has 1 heterocycles. The Morgan fingerprint density at radius 1 is 1.75 bits per heavy atom. The molecule has 1 aliphatic rings. The van der Waals surface area contributed by atoms with Gasteiger partial charge in [-0.15, -0.1) is 0 Å². The molecular formula is C5H8N2O. The predicted octanol–water partition coefficient (Wildman–Crippen LogP) is 0.463. The molecule has 1 rings (SSSR count). The number of hydrogen-bond acceptors (Lipinski definition) is 3. The van der Waals surface area contributed by atoms with Crippen LogP contribution in [-0.2, 0) is 4.74 Å². The van der Waals surface area contributed by atoms with Gasteiger partial charge in [0.15, 0.2) is 0 Å². The van der Waals surface area contributed by atoms with Crippen LogP contribution in [0.1, 0.15) is 6.42 Å². The molecule has 3 nitrogen and oxygen atoms in total. The van der Waals surface area contributed by atoms with Crippen molar-refractivity contribution in [1.29, 1.82) is 0 Å². The lowest BCUT2D eigenvalue weighted by Gasteiger charge is -2.00.